The summed E-state index contributed by atoms with van der Waals surface area (Å²) in [5, 5.41) is 7.39. The van der Waals surface area contributed by atoms with Gasteiger partial charge in [-0.15, -0.1) is 0 Å². The van der Waals surface area contributed by atoms with E-state index in [0.29, 0.717) is 5.92 Å². The lowest BCUT2D eigenvalue weighted by Crippen LogP contribution is -2.10. The largest absolute Gasteiger partial charge is 0.456 e. The Bertz CT molecular complexity index is 1730. The zero-order valence-corrected chi connectivity index (χ0v) is 24.1. The van der Waals surface area contributed by atoms with Crippen molar-refractivity contribution in [2.24, 2.45) is 11.3 Å². The van der Waals surface area contributed by atoms with Crippen LogP contribution in [0.4, 0.5) is 0 Å². The molecule has 0 spiro atoms. The first-order chi connectivity index (χ1) is 17.9. The van der Waals surface area contributed by atoms with Crippen molar-refractivity contribution in [2.75, 3.05) is 0 Å². The minimum atomic E-state index is 0.0879. The van der Waals surface area contributed by atoms with Crippen molar-refractivity contribution in [3.63, 3.8) is 0 Å². The Labute approximate surface area is 227 Å². The van der Waals surface area contributed by atoms with Crippen molar-refractivity contribution in [1.82, 2.24) is 4.98 Å². The van der Waals surface area contributed by atoms with E-state index in [1.54, 1.807) is 0 Å². The van der Waals surface area contributed by atoms with Crippen molar-refractivity contribution in [2.45, 2.75) is 73.6 Å². The molecular formula is C36H39NO. The Kier molecular flexibility index (Phi) is 5.61. The molecule has 194 valence electrons. The highest BCUT2D eigenvalue weighted by Crippen LogP contribution is 2.51. The maximum absolute atomic E-state index is 6.87. The molecule has 0 aliphatic carbocycles. The van der Waals surface area contributed by atoms with Crippen LogP contribution < -0.4 is 4.74 Å². The zero-order chi connectivity index (χ0) is 27.0. The van der Waals surface area contributed by atoms with Crippen LogP contribution in [0, 0.1) is 11.3 Å². The summed E-state index contributed by atoms with van der Waals surface area (Å²) in [6, 6.07) is 20.6. The monoisotopic (exact) mass is 501 g/mol. The first-order valence-corrected chi connectivity index (χ1v) is 14.0. The van der Waals surface area contributed by atoms with Gasteiger partial charge in [-0.05, 0) is 91.9 Å². The Morgan fingerprint density at radius 3 is 2.29 bits per heavy atom. The quantitative estimate of drug-likeness (QED) is 0.225. The molecule has 2 heteroatoms. The average molecular weight is 502 g/mol. The summed E-state index contributed by atoms with van der Waals surface area (Å²) in [5.74, 6) is 2.41. The zero-order valence-electron chi connectivity index (χ0n) is 24.1. The fourth-order valence-corrected chi connectivity index (χ4v) is 6.06. The second kappa shape index (κ2) is 8.56. The molecule has 0 saturated carbocycles. The SMILES string of the molecule is CC(C)Cc1c2c(cc3cc(CC(C)(C)C)ccc13)-c1nccc3c1c(cc1ccc(C(C)(C)C)cc13)O2. The minimum Gasteiger partial charge on any atom is -0.456 e. The van der Waals surface area contributed by atoms with Gasteiger partial charge in [-0.2, -0.15) is 0 Å². The van der Waals surface area contributed by atoms with Gasteiger partial charge in [0.1, 0.15) is 11.5 Å². The van der Waals surface area contributed by atoms with E-state index in [-0.39, 0.29) is 10.8 Å². The van der Waals surface area contributed by atoms with Crippen LogP contribution in [-0.2, 0) is 18.3 Å². The van der Waals surface area contributed by atoms with Gasteiger partial charge in [0.2, 0.25) is 0 Å². The molecule has 0 bridgehead atoms. The fourth-order valence-electron chi connectivity index (χ4n) is 6.06. The normalized spacial score (nSPS) is 13.4. The van der Waals surface area contributed by atoms with Gasteiger partial charge in [-0.3, -0.25) is 4.98 Å². The fraction of sp³-hybridized carbons (Fsp3) is 0.361. The van der Waals surface area contributed by atoms with E-state index in [1.165, 1.54) is 43.6 Å². The van der Waals surface area contributed by atoms with Gasteiger partial charge in [0, 0.05) is 17.3 Å². The highest BCUT2D eigenvalue weighted by molar-refractivity contribution is 6.16. The third-order valence-corrected chi connectivity index (χ3v) is 7.77. The van der Waals surface area contributed by atoms with Crippen LogP contribution in [0.25, 0.3) is 43.6 Å². The molecule has 0 saturated heterocycles. The van der Waals surface area contributed by atoms with Crippen LogP contribution in [0.2, 0.25) is 0 Å². The molecule has 0 atom stereocenters. The maximum atomic E-state index is 6.87. The molecule has 0 amide bonds. The second-order valence-corrected chi connectivity index (χ2v) is 13.9. The number of benzene rings is 4. The summed E-state index contributed by atoms with van der Waals surface area (Å²) in [5.41, 5.74) is 6.50. The molecule has 1 aliphatic rings. The lowest BCUT2D eigenvalue weighted by Gasteiger charge is -2.26. The van der Waals surface area contributed by atoms with Gasteiger partial charge in [0.05, 0.1) is 11.1 Å². The van der Waals surface area contributed by atoms with E-state index < -0.39 is 0 Å². The Morgan fingerprint density at radius 2 is 1.58 bits per heavy atom. The van der Waals surface area contributed by atoms with E-state index in [2.05, 4.69) is 110 Å². The predicted molar refractivity (Wildman–Crippen MR) is 163 cm³/mol. The Morgan fingerprint density at radius 1 is 0.789 bits per heavy atom. The number of aromatic nitrogens is 1. The van der Waals surface area contributed by atoms with Crippen molar-refractivity contribution >= 4 is 32.3 Å². The molecule has 0 fully saturated rings. The van der Waals surface area contributed by atoms with Crippen LogP contribution in [0.1, 0.15) is 72.1 Å². The molecule has 6 rings (SSSR count). The number of hydrogen-bond donors (Lipinski definition) is 0. The van der Waals surface area contributed by atoms with Gasteiger partial charge in [-0.1, -0.05) is 85.7 Å². The van der Waals surface area contributed by atoms with E-state index in [1.807, 2.05) is 6.20 Å². The topological polar surface area (TPSA) is 22.1 Å². The van der Waals surface area contributed by atoms with Crippen molar-refractivity contribution < 1.29 is 4.74 Å². The van der Waals surface area contributed by atoms with E-state index >= 15 is 0 Å². The van der Waals surface area contributed by atoms with Crippen molar-refractivity contribution in [3.05, 3.63) is 77.5 Å². The lowest BCUT2D eigenvalue weighted by atomic mass is 9.84. The molecule has 0 radical (unpaired) electrons. The molecule has 4 aromatic carbocycles. The standard InChI is InChI=1S/C36H39NO/c1-21(2)15-29-26-12-9-22(20-35(3,4)5)16-24(26)17-30-33-32-27(13-14-37-33)28-19-25(36(6,7)8)11-10-23(28)18-31(32)38-34(29)30/h9-14,16-19,21H,15,20H2,1-8H3. The molecule has 0 unspecified atom stereocenters. The van der Waals surface area contributed by atoms with Gasteiger partial charge in [0.25, 0.3) is 0 Å². The van der Waals surface area contributed by atoms with E-state index in [0.717, 1.165) is 41.0 Å². The number of fused-ring (bicyclic) bond motifs is 5. The second-order valence-electron chi connectivity index (χ2n) is 13.9. The molecule has 1 aliphatic heterocycles. The summed E-state index contributed by atoms with van der Waals surface area (Å²) < 4.78 is 6.87. The van der Waals surface area contributed by atoms with Crippen molar-refractivity contribution in [1.29, 1.82) is 0 Å². The Hall–Kier alpha value is -3.39. The van der Waals surface area contributed by atoms with Crippen LogP contribution in [-0.4, -0.2) is 4.98 Å². The summed E-state index contributed by atoms with van der Waals surface area (Å²) in [6.07, 6.45) is 3.99. The summed E-state index contributed by atoms with van der Waals surface area (Å²) in [4.78, 5) is 4.99. The van der Waals surface area contributed by atoms with Crippen LogP contribution >= 0.6 is 0 Å². The Balaban J connectivity index is 1.65. The summed E-state index contributed by atoms with van der Waals surface area (Å²) in [7, 11) is 0. The van der Waals surface area contributed by atoms with Gasteiger partial charge in [0.15, 0.2) is 0 Å². The number of pyridine rings is 1. The molecule has 38 heavy (non-hydrogen) atoms. The van der Waals surface area contributed by atoms with E-state index in [9.17, 15) is 0 Å². The van der Waals surface area contributed by atoms with Gasteiger partial charge in [-0.25, -0.2) is 0 Å². The third kappa shape index (κ3) is 4.25. The maximum Gasteiger partial charge on any atom is 0.140 e. The predicted octanol–water partition coefficient (Wildman–Crippen LogP) is 10.4. The number of hydrogen-bond acceptors (Lipinski definition) is 2. The molecule has 1 aromatic heterocycles. The smallest absolute Gasteiger partial charge is 0.140 e. The van der Waals surface area contributed by atoms with Gasteiger partial charge < -0.3 is 4.74 Å². The first kappa shape index (κ1) is 24.9. The van der Waals surface area contributed by atoms with Gasteiger partial charge >= 0.3 is 0 Å². The first-order valence-electron chi connectivity index (χ1n) is 14.0. The molecule has 2 nitrogen and oxygen atoms in total. The average Bonchev–Trinajstić information content (AvgIpc) is 2.82. The highest BCUT2D eigenvalue weighted by Gasteiger charge is 2.27. The number of ether oxygens (including phenoxy) is 1. The van der Waals surface area contributed by atoms with Crippen LogP contribution in [0.15, 0.2) is 60.8 Å². The van der Waals surface area contributed by atoms with E-state index in [4.69, 9.17) is 9.72 Å². The molecule has 5 aromatic rings. The number of rotatable bonds is 3. The third-order valence-electron chi connectivity index (χ3n) is 7.77. The lowest BCUT2D eigenvalue weighted by molar-refractivity contribution is 0.411. The van der Waals surface area contributed by atoms with Crippen LogP contribution in [0.3, 0.4) is 0 Å². The molecule has 0 N–H and O–H groups in total. The number of nitrogens with zero attached hydrogens (tertiary/aromatic N) is 1. The minimum absolute atomic E-state index is 0.0879. The molecular weight excluding hydrogens is 462 g/mol. The van der Waals surface area contributed by atoms with Crippen LogP contribution in [0.5, 0.6) is 11.5 Å². The highest BCUT2D eigenvalue weighted by atomic mass is 16.5. The van der Waals surface area contributed by atoms with Crippen molar-refractivity contribution in [3.8, 4) is 22.8 Å². The molecule has 2 heterocycles. The summed E-state index contributed by atoms with van der Waals surface area (Å²) >= 11 is 0. The summed E-state index contributed by atoms with van der Waals surface area (Å²) in [6.45, 7) is 18.3.